The first-order valence-corrected chi connectivity index (χ1v) is 16.6. The maximum Gasteiger partial charge on any atom is 0.257 e. The molecule has 0 bridgehead atoms. The minimum Gasteiger partial charge on any atom is -0.381 e. The van der Waals surface area contributed by atoms with Gasteiger partial charge in [-0.1, -0.05) is 32.0 Å². The number of nitrogens with zero attached hydrogens (tertiary/aromatic N) is 4. The molecule has 0 saturated carbocycles. The first-order valence-electron chi connectivity index (χ1n) is 15.1. The minimum atomic E-state index is -3.82. The molecule has 4 aromatic rings. The fourth-order valence-electron chi connectivity index (χ4n) is 6.31. The molecule has 2 unspecified atom stereocenters. The van der Waals surface area contributed by atoms with Gasteiger partial charge in [-0.05, 0) is 80.1 Å². The molecular weight excluding hydrogens is 562 g/mol. The third-order valence-corrected chi connectivity index (χ3v) is 10.7. The number of hydrogen-bond acceptors (Lipinski definition) is 8. The molecule has 1 fully saturated rings. The van der Waals surface area contributed by atoms with Crippen molar-refractivity contribution in [3.05, 3.63) is 82.3 Å². The van der Waals surface area contributed by atoms with Crippen molar-refractivity contribution in [1.82, 2.24) is 24.2 Å². The smallest absolute Gasteiger partial charge is 0.257 e. The Labute approximate surface area is 252 Å². The summed E-state index contributed by atoms with van der Waals surface area (Å²) < 4.78 is 30.0. The van der Waals surface area contributed by atoms with E-state index in [9.17, 15) is 13.2 Å². The van der Waals surface area contributed by atoms with Gasteiger partial charge < -0.3 is 16.0 Å². The van der Waals surface area contributed by atoms with E-state index in [0.717, 1.165) is 50.1 Å². The predicted octanol–water partition coefficient (Wildman–Crippen LogP) is 4.98. The topological polar surface area (TPSA) is 121 Å². The van der Waals surface area contributed by atoms with Gasteiger partial charge >= 0.3 is 0 Å². The standard InChI is InChI=1S/C32H39N7O3S/c1-4-21(5-2)27-17-23-19-34-32(36-25-14-12-24(13-15-25)35-26-10-8-16-33-20-26)37-30(23)39(31(27)40)29-18-22-9-6-7-11-28(22)43(41,42)38(29)3/h6-7,9,11-15,17,19,21,26,29,33,35H,4-5,8,10,16,18,20H2,1-3H3,(H,34,36,37). The van der Waals surface area contributed by atoms with E-state index in [0.29, 0.717) is 40.6 Å². The summed E-state index contributed by atoms with van der Waals surface area (Å²) in [5, 5.41) is 11.0. The van der Waals surface area contributed by atoms with Crippen LogP contribution in [0.25, 0.3) is 11.0 Å². The molecule has 6 rings (SSSR count). The van der Waals surface area contributed by atoms with Crippen LogP contribution in [-0.2, 0) is 16.4 Å². The molecule has 0 spiro atoms. The maximum absolute atomic E-state index is 14.2. The number of fused-ring (bicyclic) bond motifs is 2. The Morgan fingerprint density at radius 1 is 1.07 bits per heavy atom. The molecule has 1 saturated heterocycles. The van der Waals surface area contributed by atoms with Crippen molar-refractivity contribution < 1.29 is 8.42 Å². The van der Waals surface area contributed by atoms with Gasteiger partial charge in [0.15, 0.2) is 0 Å². The molecule has 4 heterocycles. The fourth-order valence-corrected chi connectivity index (χ4v) is 7.84. The number of rotatable bonds is 8. The van der Waals surface area contributed by atoms with Gasteiger partial charge in [-0.25, -0.2) is 13.4 Å². The van der Waals surface area contributed by atoms with Crippen LogP contribution in [0.15, 0.2) is 70.5 Å². The summed E-state index contributed by atoms with van der Waals surface area (Å²) >= 11 is 0. The number of nitrogens with one attached hydrogen (secondary N) is 3. The Balaban J connectivity index is 1.39. The number of aromatic nitrogens is 3. The number of piperidine rings is 1. The second-order valence-electron chi connectivity index (χ2n) is 11.5. The van der Waals surface area contributed by atoms with Crippen LogP contribution in [-0.4, -0.2) is 53.4 Å². The number of pyridine rings is 1. The van der Waals surface area contributed by atoms with E-state index in [1.165, 1.54) is 11.4 Å². The van der Waals surface area contributed by atoms with Crippen LogP contribution < -0.4 is 21.5 Å². The van der Waals surface area contributed by atoms with Crippen molar-refractivity contribution in [2.45, 2.75) is 69.0 Å². The number of benzene rings is 2. The molecule has 2 aliphatic heterocycles. The maximum atomic E-state index is 14.2. The van der Waals surface area contributed by atoms with Crippen molar-refractivity contribution in [2.75, 3.05) is 30.8 Å². The van der Waals surface area contributed by atoms with Gasteiger partial charge in [-0.15, -0.1) is 0 Å². The van der Waals surface area contributed by atoms with Gasteiger partial charge in [0.1, 0.15) is 11.8 Å². The average Bonchev–Trinajstić information content (AvgIpc) is 3.02. The Morgan fingerprint density at radius 2 is 1.81 bits per heavy atom. The minimum absolute atomic E-state index is 0.0373. The van der Waals surface area contributed by atoms with Gasteiger partial charge in [0.25, 0.3) is 5.56 Å². The zero-order chi connectivity index (χ0) is 30.1. The van der Waals surface area contributed by atoms with E-state index in [-0.39, 0.29) is 16.4 Å². The van der Waals surface area contributed by atoms with Gasteiger partial charge in [0, 0.05) is 54.6 Å². The van der Waals surface area contributed by atoms with Crippen LogP contribution in [0.4, 0.5) is 17.3 Å². The molecule has 3 N–H and O–H groups in total. The van der Waals surface area contributed by atoms with Crippen molar-refractivity contribution in [1.29, 1.82) is 0 Å². The summed E-state index contributed by atoms with van der Waals surface area (Å²) in [6.45, 7) is 6.15. The zero-order valence-corrected chi connectivity index (χ0v) is 25.7. The first kappa shape index (κ1) is 29.3. The van der Waals surface area contributed by atoms with Gasteiger partial charge in [-0.3, -0.25) is 9.36 Å². The van der Waals surface area contributed by atoms with E-state index in [4.69, 9.17) is 4.98 Å². The molecule has 11 heteroatoms. The number of hydrogen-bond donors (Lipinski definition) is 3. The van der Waals surface area contributed by atoms with E-state index in [1.54, 1.807) is 22.9 Å². The molecule has 2 aromatic carbocycles. The Kier molecular flexibility index (Phi) is 8.21. The fraction of sp³-hybridized carbons (Fsp3) is 0.406. The normalized spacial score (nSPS) is 20.2. The molecule has 2 aromatic heterocycles. The summed E-state index contributed by atoms with van der Waals surface area (Å²) in [5.74, 6) is 0.366. The van der Waals surface area contributed by atoms with E-state index in [1.807, 2.05) is 42.5 Å². The van der Waals surface area contributed by atoms with Gasteiger partial charge in [0.2, 0.25) is 16.0 Å². The molecule has 0 radical (unpaired) electrons. The molecular formula is C32H39N7O3S. The Bertz CT molecular complexity index is 1780. The summed E-state index contributed by atoms with van der Waals surface area (Å²) in [4.78, 5) is 23.9. The van der Waals surface area contributed by atoms with E-state index in [2.05, 4.69) is 34.8 Å². The van der Waals surface area contributed by atoms with Crippen molar-refractivity contribution in [3.63, 3.8) is 0 Å². The SMILES string of the molecule is CCC(CC)c1cc2cnc(Nc3ccc(NC4CCCNC4)cc3)nc2n(C2Cc3ccccc3S(=O)(=O)N2C)c1=O. The molecule has 0 amide bonds. The molecule has 2 aliphatic rings. The average molecular weight is 602 g/mol. The first-order chi connectivity index (χ1) is 20.8. The zero-order valence-electron chi connectivity index (χ0n) is 24.9. The molecule has 226 valence electrons. The van der Waals surface area contributed by atoms with Crippen LogP contribution in [0.5, 0.6) is 0 Å². The lowest BCUT2D eigenvalue weighted by Gasteiger charge is -2.35. The van der Waals surface area contributed by atoms with Crippen LogP contribution in [0, 0.1) is 0 Å². The van der Waals surface area contributed by atoms with Crippen molar-refractivity contribution in [2.24, 2.45) is 0 Å². The van der Waals surface area contributed by atoms with E-state index < -0.39 is 16.2 Å². The summed E-state index contributed by atoms with van der Waals surface area (Å²) in [6.07, 6.45) is 5.18. The monoisotopic (exact) mass is 601 g/mol. The highest BCUT2D eigenvalue weighted by Gasteiger charge is 2.38. The van der Waals surface area contributed by atoms with Crippen LogP contribution >= 0.6 is 0 Å². The van der Waals surface area contributed by atoms with Gasteiger partial charge in [-0.2, -0.15) is 9.29 Å². The lowest BCUT2D eigenvalue weighted by molar-refractivity contribution is 0.270. The number of anilines is 3. The Hall–Kier alpha value is -3.80. The summed E-state index contributed by atoms with van der Waals surface area (Å²) in [5.41, 5.74) is 3.37. The predicted molar refractivity (Wildman–Crippen MR) is 170 cm³/mol. The lowest BCUT2D eigenvalue weighted by atomic mass is 9.94. The van der Waals surface area contributed by atoms with Crippen molar-refractivity contribution in [3.8, 4) is 0 Å². The summed E-state index contributed by atoms with van der Waals surface area (Å²) in [7, 11) is -2.28. The Morgan fingerprint density at radius 3 is 2.53 bits per heavy atom. The van der Waals surface area contributed by atoms with E-state index >= 15 is 0 Å². The lowest BCUT2D eigenvalue weighted by Crippen LogP contribution is -2.44. The highest BCUT2D eigenvalue weighted by Crippen LogP contribution is 2.35. The number of sulfonamides is 1. The molecule has 2 atom stereocenters. The highest BCUT2D eigenvalue weighted by molar-refractivity contribution is 7.89. The quantitative estimate of drug-likeness (QED) is 0.259. The molecule has 0 aliphatic carbocycles. The molecule has 10 nitrogen and oxygen atoms in total. The highest BCUT2D eigenvalue weighted by atomic mass is 32.2. The largest absolute Gasteiger partial charge is 0.381 e. The summed E-state index contributed by atoms with van der Waals surface area (Å²) in [6, 6.07) is 17.3. The second kappa shape index (κ2) is 12.1. The third-order valence-electron chi connectivity index (χ3n) is 8.78. The van der Waals surface area contributed by atoms with Gasteiger partial charge in [0.05, 0.1) is 4.90 Å². The molecule has 43 heavy (non-hydrogen) atoms. The van der Waals surface area contributed by atoms with Crippen LogP contribution in [0.1, 0.15) is 62.7 Å². The number of likely N-dealkylation sites (N-methyl/N-ethyl adjacent to an activating group) is 1. The third kappa shape index (κ3) is 5.64. The van der Waals surface area contributed by atoms with Crippen molar-refractivity contribution >= 4 is 38.4 Å². The van der Waals surface area contributed by atoms with Crippen LogP contribution in [0.3, 0.4) is 0 Å². The van der Waals surface area contributed by atoms with Crippen LogP contribution in [0.2, 0.25) is 0 Å². The second-order valence-corrected chi connectivity index (χ2v) is 13.4.